The van der Waals surface area contributed by atoms with Gasteiger partial charge in [0.25, 0.3) is 0 Å². The molecule has 0 aliphatic rings. The fraction of sp³-hybridized carbons (Fsp3) is 0.625. The summed E-state index contributed by atoms with van der Waals surface area (Å²) >= 11 is 0. The van der Waals surface area contributed by atoms with E-state index in [1.807, 2.05) is 32.0 Å². The molecular weight excluding hydrogens is 236 g/mol. The lowest BCUT2D eigenvalue weighted by molar-refractivity contribution is 0.244. The summed E-state index contributed by atoms with van der Waals surface area (Å²) in [5.74, 6) is 1.48. The number of anilines is 2. The molecule has 108 valence electrons. The van der Waals surface area contributed by atoms with Crippen molar-refractivity contribution in [1.29, 1.82) is 0 Å². The molecule has 0 saturated carbocycles. The third-order valence-corrected chi connectivity index (χ3v) is 3.28. The Morgan fingerprint density at radius 2 is 1.89 bits per heavy atom. The Bertz CT molecular complexity index is 390. The number of ether oxygens (including phenoxy) is 1. The van der Waals surface area contributed by atoms with Crippen LogP contribution in [-0.4, -0.2) is 12.1 Å². The number of nitrogens with two attached hydrogens (primary N) is 1. The molecule has 0 heterocycles. The largest absolute Gasteiger partial charge is 0.489 e. The Hall–Kier alpha value is -1.38. The lowest BCUT2D eigenvalue weighted by Gasteiger charge is -2.21. The minimum atomic E-state index is 0.134. The zero-order valence-corrected chi connectivity index (χ0v) is 12.9. The van der Waals surface area contributed by atoms with Crippen molar-refractivity contribution in [2.75, 3.05) is 11.1 Å². The second kappa shape index (κ2) is 7.27. The van der Waals surface area contributed by atoms with Crippen LogP contribution < -0.4 is 15.8 Å². The number of nitrogen functional groups attached to an aromatic ring is 1. The molecule has 2 atom stereocenters. The van der Waals surface area contributed by atoms with Gasteiger partial charge in [0.2, 0.25) is 0 Å². The van der Waals surface area contributed by atoms with Gasteiger partial charge in [0.05, 0.1) is 17.5 Å². The Morgan fingerprint density at radius 3 is 2.47 bits per heavy atom. The van der Waals surface area contributed by atoms with E-state index in [1.165, 1.54) is 6.42 Å². The van der Waals surface area contributed by atoms with Crippen molar-refractivity contribution < 1.29 is 4.74 Å². The minimum Gasteiger partial charge on any atom is -0.489 e. The van der Waals surface area contributed by atoms with E-state index in [0.29, 0.717) is 11.7 Å². The standard InChI is InChI=1S/C16H28N2O/c1-6-12(4)10-13(5)18-14-8-7-9-15(16(14)17)19-11(2)3/h7-9,11-13,18H,6,10,17H2,1-5H3. The van der Waals surface area contributed by atoms with Gasteiger partial charge in [-0.3, -0.25) is 0 Å². The highest BCUT2D eigenvalue weighted by atomic mass is 16.5. The summed E-state index contributed by atoms with van der Waals surface area (Å²) in [6.07, 6.45) is 2.48. The van der Waals surface area contributed by atoms with Crippen molar-refractivity contribution in [2.45, 2.75) is 59.6 Å². The molecule has 0 aromatic heterocycles. The summed E-state index contributed by atoms with van der Waals surface area (Å²) in [6, 6.07) is 6.31. The van der Waals surface area contributed by atoms with Crippen molar-refractivity contribution >= 4 is 11.4 Å². The number of hydrogen-bond donors (Lipinski definition) is 2. The molecule has 19 heavy (non-hydrogen) atoms. The van der Waals surface area contributed by atoms with Gasteiger partial charge < -0.3 is 15.8 Å². The topological polar surface area (TPSA) is 47.3 Å². The van der Waals surface area contributed by atoms with Crippen LogP contribution >= 0.6 is 0 Å². The van der Waals surface area contributed by atoms with E-state index in [9.17, 15) is 0 Å². The number of benzene rings is 1. The highest BCUT2D eigenvalue weighted by molar-refractivity contribution is 5.73. The third-order valence-electron chi connectivity index (χ3n) is 3.28. The summed E-state index contributed by atoms with van der Waals surface area (Å²) in [7, 11) is 0. The molecule has 0 saturated heterocycles. The first-order valence-corrected chi connectivity index (χ1v) is 7.25. The molecule has 3 heteroatoms. The predicted molar refractivity (Wildman–Crippen MR) is 83.8 cm³/mol. The SMILES string of the molecule is CCC(C)CC(C)Nc1cccc(OC(C)C)c1N. The van der Waals surface area contributed by atoms with Gasteiger partial charge in [-0.1, -0.05) is 26.3 Å². The van der Waals surface area contributed by atoms with Crippen LogP contribution in [-0.2, 0) is 0 Å². The van der Waals surface area contributed by atoms with Gasteiger partial charge in [-0.25, -0.2) is 0 Å². The maximum absolute atomic E-state index is 6.16. The minimum absolute atomic E-state index is 0.134. The first kappa shape index (κ1) is 15.7. The molecule has 2 unspecified atom stereocenters. The molecule has 0 fully saturated rings. The fourth-order valence-electron chi connectivity index (χ4n) is 2.12. The van der Waals surface area contributed by atoms with Crippen molar-refractivity contribution in [3.05, 3.63) is 18.2 Å². The zero-order valence-electron chi connectivity index (χ0n) is 12.9. The normalized spacial score (nSPS) is 14.2. The van der Waals surface area contributed by atoms with Crippen LogP contribution in [0.4, 0.5) is 11.4 Å². The van der Waals surface area contributed by atoms with Gasteiger partial charge in [-0.05, 0) is 45.2 Å². The van der Waals surface area contributed by atoms with Gasteiger partial charge in [0, 0.05) is 6.04 Å². The van der Waals surface area contributed by atoms with Gasteiger partial charge in [-0.2, -0.15) is 0 Å². The summed E-state index contributed by atoms with van der Waals surface area (Å²) in [5.41, 5.74) is 7.82. The van der Waals surface area contributed by atoms with Gasteiger partial charge in [0.1, 0.15) is 5.75 Å². The summed E-state index contributed by atoms with van der Waals surface area (Å²) in [6.45, 7) is 10.7. The van der Waals surface area contributed by atoms with E-state index >= 15 is 0 Å². The molecule has 1 aromatic carbocycles. The van der Waals surface area contributed by atoms with Crippen LogP contribution in [0, 0.1) is 5.92 Å². The van der Waals surface area contributed by atoms with Crippen LogP contribution in [0.25, 0.3) is 0 Å². The molecule has 1 rings (SSSR count). The van der Waals surface area contributed by atoms with Crippen LogP contribution in [0.3, 0.4) is 0 Å². The maximum atomic E-state index is 6.16. The molecule has 0 aliphatic heterocycles. The number of nitrogens with one attached hydrogen (secondary N) is 1. The second-order valence-corrected chi connectivity index (χ2v) is 5.68. The Balaban J connectivity index is 2.73. The van der Waals surface area contributed by atoms with E-state index in [2.05, 4.69) is 26.1 Å². The van der Waals surface area contributed by atoms with Crippen LogP contribution in [0.15, 0.2) is 18.2 Å². The maximum Gasteiger partial charge on any atom is 0.144 e. The molecule has 0 radical (unpaired) electrons. The first-order chi connectivity index (χ1) is 8.93. The average molecular weight is 264 g/mol. The number of hydrogen-bond acceptors (Lipinski definition) is 3. The molecule has 3 N–H and O–H groups in total. The summed E-state index contributed by atoms with van der Waals surface area (Å²) in [5, 5.41) is 3.48. The second-order valence-electron chi connectivity index (χ2n) is 5.68. The van der Waals surface area contributed by atoms with Crippen molar-refractivity contribution in [3.8, 4) is 5.75 Å². The van der Waals surface area contributed by atoms with Gasteiger partial charge >= 0.3 is 0 Å². The van der Waals surface area contributed by atoms with Crippen LogP contribution in [0.1, 0.15) is 47.5 Å². The van der Waals surface area contributed by atoms with Crippen LogP contribution in [0.2, 0.25) is 0 Å². The molecular formula is C16H28N2O. The van der Waals surface area contributed by atoms with E-state index < -0.39 is 0 Å². The number of para-hydroxylation sites is 1. The highest BCUT2D eigenvalue weighted by Crippen LogP contribution is 2.31. The molecule has 0 spiro atoms. The molecule has 1 aromatic rings. The fourth-order valence-corrected chi connectivity index (χ4v) is 2.12. The molecule has 0 amide bonds. The van der Waals surface area contributed by atoms with Crippen molar-refractivity contribution in [1.82, 2.24) is 0 Å². The van der Waals surface area contributed by atoms with Crippen LogP contribution in [0.5, 0.6) is 5.75 Å². The Morgan fingerprint density at radius 1 is 1.21 bits per heavy atom. The molecule has 3 nitrogen and oxygen atoms in total. The quantitative estimate of drug-likeness (QED) is 0.722. The molecule has 0 aliphatic carbocycles. The van der Waals surface area contributed by atoms with E-state index in [1.54, 1.807) is 0 Å². The van der Waals surface area contributed by atoms with Crippen molar-refractivity contribution in [2.24, 2.45) is 5.92 Å². The van der Waals surface area contributed by atoms with E-state index in [-0.39, 0.29) is 6.10 Å². The number of rotatable bonds is 7. The summed E-state index contributed by atoms with van der Waals surface area (Å²) in [4.78, 5) is 0. The van der Waals surface area contributed by atoms with Gasteiger partial charge in [-0.15, -0.1) is 0 Å². The monoisotopic (exact) mass is 264 g/mol. The highest BCUT2D eigenvalue weighted by Gasteiger charge is 2.11. The predicted octanol–water partition coefficient (Wildman–Crippen LogP) is 4.29. The first-order valence-electron chi connectivity index (χ1n) is 7.25. The average Bonchev–Trinajstić information content (AvgIpc) is 2.33. The smallest absolute Gasteiger partial charge is 0.144 e. The van der Waals surface area contributed by atoms with Crippen molar-refractivity contribution in [3.63, 3.8) is 0 Å². The van der Waals surface area contributed by atoms with Gasteiger partial charge in [0.15, 0.2) is 0 Å². The van der Waals surface area contributed by atoms with E-state index in [0.717, 1.165) is 23.8 Å². The van der Waals surface area contributed by atoms with E-state index in [4.69, 9.17) is 10.5 Å². The lowest BCUT2D eigenvalue weighted by atomic mass is 10.00. The lowest BCUT2D eigenvalue weighted by Crippen LogP contribution is -2.19. The third kappa shape index (κ3) is 5.01. The Kier molecular flexibility index (Phi) is 6.00. The Labute approximate surface area is 117 Å². The zero-order chi connectivity index (χ0) is 14.4. The summed E-state index contributed by atoms with van der Waals surface area (Å²) < 4.78 is 5.70. The molecule has 0 bridgehead atoms.